The molecule has 0 aromatic heterocycles. The van der Waals surface area contributed by atoms with Gasteiger partial charge in [0.2, 0.25) is 0 Å². The van der Waals surface area contributed by atoms with Crippen LogP contribution in [0.15, 0.2) is 66.7 Å². The normalized spacial score (nSPS) is 26.5. The van der Waals surface area contributed by atoms with Gasteiger partial charge in [-0.2, -0.15) is 0 Å². The van der Waals surface area contributed by atoms with Gasteiger partial charge >= 0.3 is 0 Å². The lowest BCUT2D eigenvalue weighted by Gasteiger charge is -2.23. The van der Waals surface area contributed by atoms with E-state index in [4.69, 9.17) is 0 Å². The van der Waals surface area contributed by atoms with Crippen molar-refractivity contribution in [3.8, 4) is 22.3 Å². The van der Waals surface area contributed by atoms with Crippen LogP contribution in [0.25, 0.3) is 22.3 Å². The first-order valence-electron chi connectivity index (χ1n) is 9.50. The Morgan fingerprint density at radius 2 is 1.54 bits per heavy atom. The van der Waals surface area contributed by atoms with E-state index in [9.17, 15) is 0 Å². The number of benzene rings is 3. The molecule has 0 amide bonds. The van der Waals surface area contributed by atoms with E-state index in [0.717, 1.165) is 0 Å². The van der Waals surface area contributed by atoms with E-state index in [2.05, 4.69) is 91.0 Å². The molecule has 6 rings (SSSR count). The van der Waals surface area contributed by atoms with Crippen molar-refractivity contribution in [2.24, 2.45) is 0 Å². The predicted octanol–water partition coefficient (Wildman–Crippen LogP) is 5.04. The number of rotatable bonds is 2. The van der Waals surface area contributed by atoms with Crippen LogP contribution in [-0.2, 0) is 11.1 Å². The topological polar surface area (TPSA) is 25.0 Å². The lowest BCUT2D eigenvalue weighted by Crippen LogP contribution is -2.29. The van der Waals surface area contributed by atoms with E-state index in [1.54, 1.807) is 0 Å². The van der Waals surface area contributed by atoms with E-state index < -0.39 is 0 Å². The molecule has 2 atom stereocenters. The van der Waals surface area contributed by atoms with Crippen LogP contribution in [0.5, 0.6) is 0 Å². The predicted molar refractivity (Wildman–Crippen MR) is 106 cm³/mol. The molecule has 2 aliphatic heterocycles. The second-order valence-corrected chi connectivity index (χ2v) is 8.38. The summed E-state index contributed by atoms with van der Waals surface area (Å²) < 4.78 is 0. The maximum absolute atomic E-state index is 3.48. The number of fused-ring (bicyclic) bond motifs is 4. The molecule has 26 heavy (non-hydrogen) atoms. The summed E-state index contributed by atoms with van der Waals surface area (Å²) in [7, 11) is 0. The number of hydrogen-bond donors (Lipinski definition) is 1. The minimum absolute atomic E-state index is 0.0607. The molecule has 0 bridgehead atoms. The van der Waals surface area contributed by atoms with Crippen molar-refractivity contribution < 1.29 is 0 Å². The Hall–Kier alpha value is -2.42. The summed E-state index contributed by atoms with van der Waals surface area (Å²) in [6, 6.07) is 24.9. The lowest BCUT2D eigenvalue weighted by atomic mass is 9.81. The van der Waals surface area contributed by atoms with E-state index in [0.29, 0.717) is 0 Å². The molecule has 2 unspecified atom stereocenters. The second-order valence-electron chi connectivity index (χ2n) is 8.38. The first-order valence-corrected chi connectivity index (χ1v) is 9.50. The van der Waals surface area contributed by atoms with Gasteiger partial charge in [-0.1, -0.05) is 74.5 Å². The van der Waals surface area contributed by atoms with Crippen molar-refractivity contribution in [1.82, 2.24) is 10.4 Å². The average Bonchev–Trinajstić information content (AvgIpc) is 3.12. The average molecular weight is 338 g/mol. The highest BCUT2D eigenvalue weighted by Crippen LogP contribution is 2.50. The molecular weight excluding hydrogens is 316 g/mol. The van der Waals surface area contributed by atoms with Gasteiger partial charge in [-0.3, -0.25) is 0 Å². The highest BCUT2D eigenvalue weighted by atomic mass is 15.8. The zero-order valence-electron chi connectivity index (χ0n) is 15.2. The van der Waals surface area contributed by atoms with Crippen LogP contribution in [-0.4, -0.2) is 11.6 Å². The van der Waals surface area contributed by atoms with Crippen molar-refractivity contribution in [3.05, 3.63) is 83.4 Å². The van der Waals surface area contributed by atoms with Crippen LogP contribution in [0.3, 0.4) is 0 Å². The summed E-state index contributed by atoms with van der Waals surface area (Å²) in [5.41, 5.74) is 13.4. The minimum atomic E-state index is 0.0607. The van der Waals surface area contributed by atoms with Crippen LogP contribution in [0.2, 0.25) is 0 Å². The molecule has 0 saturated carbocycles. The maximum Gasteiger partial charge on any atom is 0.124 e. The van der Waals surface area contributed by atoms with Crippen molar-refractivity contribution in [1.29, 1.82) is 0 Å². The highest BCUT2D eigenvalue weighted by molar-refractivity contribution is 5.83. The van der Waals surface area contributed by atoms with E-state index in [1.165, 1.54) is 51.9 Å². The molecule has 3 aromatic carbocycles. The summed E-state index contributed by atoms with van der Waals surface area (Å²) in [6.45, 7) is 5.85. The Balaban J connectivity index is 1.41. The van der Waals surface area contributed by atoms with Crippen LogP contribution in [0, 0.1) is 0 Å². The van der Waals surface area contributed by atoms with Gasteiger partial charge < -0.3 is 0 Å². The Kier molecular flexibility index (Phi) is 2.63. The number of hydrazine groups is 1. The van der Waals surface area contributed by atoms with Gasteiger partial charge in [0.05, 0.1) is 0 Å². The van der Waals surface area contributed by atoms with Crippen LogP contribution in [0.4, 0.5) is 0 Å². The molecule has 2 heteroatoms. The first kappa shape index (κ1) is 14.7. The van der Waals surface area contributed by atoms with Gasteiger partial charge in [0.1, 0.15) is 5.66 Å². The summed E-state index contributed by atoms with van der Waals surface area (Å²) >= 11 is 0. The van der Waals surface area contributed by atoms with Crippen LogP contribution < -0.4 is 5.43 Å². The van der Waals surface area contributed by atoms with E-state index in [-0.39, 0.29) is 11.1 Å². The Morgan fingerprint density at radius 3 is 2.23 bits per heavy atom. The molecule has 3 aromatic rings. The zero-order chi connectivity index (χ0) is 17.5. The van der Waals surface area contributed by atoms with Gasteiger partial charge in [0.25, 0.3) is 0 Å². The standard InChI is InChI=1S/C24H22N2/c1-23(2)21-6-4-3-5-19(21)20-12-9-17(15-22(20)23)16-7-10-18(11-8-16)24-13-14-26(24)25-24/h3-12,15,25H,13-14H2,1-2H3. The Bertz CT molecular complexity index is 1040. The summed E-state index contributed by atoms with van der Waals surface area (Å²) in [5, 5.41) is 2.32. The molecule has 1 aliphatic carbocycles. The molecule has 0 spiro atoms. The molecule has 1 N–H and O–H groups in total. The highest BCUT2D eigenvalue weighted by Gasteiger charge is 2.60. The molecule has 2 fully saturated rings. The lowest BCUT2D eigenvalue weighted by molar-refractivity contribution is 0.271. The Labute approximate surface area is 154 Å². The molecule has 2 saturated heterocycles. The molecule has 2 heterocycles. The van der Waals surface area contributed by atoms with Gasteiger partial charge in [-0.25, -0.2) is 10.4 Å². The fourth-order valence-corrected chi connectivity index (χ4v) is 4.94. The largest absolute Gasteiger partial charge is 0.228 e. The van der Waals surface area contributed by atoms with Crippen LogP contribution >= 0.6 is 0 Å². The summed E-state index contributed by atoms with van der Waals surface area (Å²) in [4.78, 5) is 0. The van der Waals surface area contributed by atoms with Crippen molar-refractivity contribution in [2.45, 2.75) is 31.3 Å². The van der Waals surface area contributed by atoms with E-state index >= 15 is 0 Å². The fraction of sp³-hybridized carbons (Fsp3) is 0.250. The Morgan fingerprint density at radius 1 is 0.808 bits per heavy atom. The zero-order valence-corrected chi connectivity index (χ0v) is 15.2. The van der Waals surface area contributed by atoms with Gasteiger partial charge in [-0.15, -0.1) is 0 Å². The number of hydrogen-bond acceptors (Lipinski definition) is 2. The van der Waals surface area contributed by atoms with Gasteiger partial charge in [0.15, 0.2) is 0 Å². The van der Waals surface area contributed by atoms with Crippen molar-refractivity contribution in [2.75, 3.05) is 6.54 Å². The van der Waals surface area contributed by atoms with Gasteiger partial charge in [-0.05, 0) is 51.4 Å². The molecule has 2 nitrogen and oxygen atoms in total. The molecule has 128 valence electrons. The number of nitrogens with zero attached hydrogens (tertiary/aromatic N) is 1. The first-order chi connectivity index (χ1) is 12.6. The minimum Gasteiger partial charge on any atom is -0.228 e. The SMILES string of the molecule is CC1(C)c2ccccc2-c2ccc(-c3ccc(C45CCN4N5)cc3)cc21. The molecule has 3 aliphatic rings. The van der Waals surface area contributed by atoms with Crippen LogP contribution in [0.1, 0.15) is 37.0 Å². The summed E-state index contributed by atoms with van der Waals surface area (Å²) in [5.74, 6) is 0. The molecule has 0 radical (unpaired) electrons. The smallest absolute Gasteiger partial charge is 0.124 e. The second kappa shape index (κ2) is 4.64. The fourth-order valence-electron chi connectivity index (χ4n) is 4.94. The van der Waals surface area contributed by atoms with Crippen molar-refractivity contribution >= 4 is 0 Å². The quantitative estimate of drug-likeness (QED) is 0.662. The summed E-state index contributed by atoms with van der Waals surface area (Å²) in [6.07, 6.45) is 1.22. The van der Waals surface area contributed by atoms with Gasteiger partial charge in [0, 0.05) is 12.0 Å². The maximum atomic E-state index is 3.48. The van der Waals surface area contributed by atoms with Crippen molar-refractivity contribution in [3.63, 3.8) is 0 Å². The third kappa shape index (κ3) is 1.74. The monoisotopic (exact) mass is 338 g/mol. The molecular formula is C24H22N2. The third-order valence-electron chi connectivity index (χ3n) is 6.71. The number of nitrogens with one attached hydrogen (secondary N) is 1. The third-order valence-corrected chi connectivity index (χ3v) is 6.71. The van der Waals surface area contributed by atoms with E-state index in [1.807, 2.05) is 0 Å².